The molecule has 0 aliphatic rings. The molecule has 0 aromatic carbocycles. The molecular formula is C11H11N5. The first-order valence-corrected chi connectivity index (χ1v) is 5.04. The van der Waals surface area contributed by atoms with E-state index in [1.165, 1.54) is 0 Å². The summed E-state index contributed by atoms with van der Waals surface area (Å²) in [6.45, 7) is 1.96. The molecule has 0 fully saturated rings. The van der Waals surface area contributed by atoms with Crippen LogP contribution in [0.4, 0.5) is 5.82 Å². The molecule has 3 heterocycles. The maximum atomic E-state index is 4.33. The minimum Gasteiger partial charge on any atom is -0.276 e. The quantitative estimate of drug-likeness (QED) is 0.705. The van der Waals surface area contributed by atoms with Crippen LogP contribution in [0, 0.1) is 6.92 Å². The van der Waals surface area contributed by atoms with Crippen LogP contribution in [0.25, 0.3) is 5.52 Å². The second-order valence-electron chi connectivity index (χ2n) is 3.59. The monoisotopic (exact) mass is 213 g/mol. The van der Waals surface area contributed by atoms with Crippen LogP contribution in [-0.2, 0) is 0 Å². The first-order chi connectivity index (χ1) is 7.83. The lowest BCUT2D eigenvalue weighted by Gasteiger charge is -2.07. The van der Waals surface area contributed by atoms with Crippen LogP contribution in [0.5, 0.6) is 0 Å². The average Bonchev–Trinajstić information content (AvgIpc) is 2.86. The van der Waals surface area contributed by atoms with E-state index in [2.05, 4.69) is 15.5 Å². The summed E-state index contributed by atoms with van der Waals surface area (Å²) >= 11 is 0. The Bertz CT molecular complexity index is 608. The van der Waals surface area contributed by atoms with Gasteiger partial charge in [-0.3, -0.25) is 10.1 Å². The van der Waals surface area contributed by atoms with Gasteiger partial charge in [0.25, 0.3) is 0 Å². The zero-order valence-corrected chi connectivity index (χ0v) is 8.83. The smallest absolute Gasteiger partial charge is 0.171 e. The van der Waals surface area contributed by atoms with Gasteiger partial charge in [-0.15, -0.1) is 0 Å². The molecular weight excluding hydrogens is 202 g/mol. The number of fused-ring (bicyclic) bond motifs is 1. The third kappa shape index (κ3) is 1.42. The van der Waals surface area contributed by atoms with Gasteiger partial charge in [-0.1, -0.05) is 0 Å². The summed E-state index contributed by atoms with van der Waals surface area (Å²) in [6.07, 6.45) is 7.41. The third-order valence-electron chi connectivity index (χ3n) is 2.35. The van der Waals surface area contributed by atoms with E-state index in [9.17, 15) is 0 Å². The lowest BCUT2D eigenvalue weighted by Crippen LogP contribution is -2.08. The van der Waals surface area contributed by atoms with Crippen molar-refractivity contribution in [2.75, 3.05) is 5.43 Å². The van der Waals surface area contributed by atoms with Gasteiger partial charge in [0.2, 0.25) is 0 Å². The van der Waals surface area contributed by atoms with E-state index in [4.69, 9.17) is 0 Å². The van der Waals surface area contributed by atoms with Crippen LogP contribution in [0.15, 0.2) is 43.0 Å². The van der Waals surface area contributed by atoms with Crippen LogP contribution in [-0.4, -0.2) is 19.3 Å². The Labute approximate surface area is 92.3 Å². The van der Waals surface area contributed by atoms with Crippen molar-refractivity contribution in [3.8, 4) is 0 Å². The molecule has 80 valence electrons. The average molecular weight is 213 g/mol. The van der Waals surface area contributed by atoms with Crippen LogP contribution in [0.2, 0.25) is 0 Å². The second kappa shape index (κ2) is 3.37. The number of aryl methyl sites for hydroxylation is 1. The van der Waals surface area contributed by atoms with Gasteiger partial charge in [0.1, 0.15) is 5.52 Å². The maximum absolute atomic E-state index is 4.33. The van der Waals surface area contributed by atoms with Gasteiger partial charge in [0.05, 0.1) is 5.69 Å². The highest BCUT2D eigenvalue weighted by molar-refractivity contribution is 5.67. The summed E-state index contributed by atoms with van der Waals surface area (Å²) in [7, 11) is 0. The molecule has 5 heteroatoms. The summed E-state index contributed by atoms with van der Waals surface area (Å²) < 4.78 is 3.67. The highest BCUT2D eigenvalue weighted by atomic mass is 15.4. The first kappa shape index (κ1) is 8.96. The molecule has 3 rings (SSSR count). The van der Waals surface area contributed by atoms with Gasteiger partial charge in [-0.2, -0.15) is 5.10 Å². The van der Waals surface area contributed by atoms with Crippen molar-refractivity contribution < 1.29 is 0 Å². The first-order valence-electron chi connectivity index (χ1n) is 5.04. The van der Waals surface area contributed by atoms with Crippen molar-refractivity contribution in [2.24, 2.45) is 0 Å². The van der Waals surface area contributed by atoms with Gasteiger partial charge in [0, 0.05) is 24.8 Å². The molecule has 1 N–H and O–H groups in total. The predicted octanol–water partition coefficient (Wildman–Crippen LogP) is 1.71. The number of hydrogen-bond donors (Lipinski definition) is 1. The molecule has 0 atom stereocenters. The fourth-order valence-electron chi connectivity index (χ4n) is 1.66. The van der Waals surface area contributed by atoms with Crippen molar-refractivity contribution in [2.45, 2.75) is 6.92 Å². The van der Waals surface area contributed by atoms with E-state index >= 15 is 0 Å². The number of anilines is 1. The fraction of sp³-hybridized carbons (Fsp3) is 0.0909. The van der Waals surface area contributed by atoms with E-state index in [1.54, 1.807) is 6.20 Å². The Morgan fingerprint density at radius 2 is 2.00 bits per heavy atom. The molecule has 0 radical (unpaired) electrons. The molecule has 0 aliphatic carbocycles. The SMILES string of the molecule is Cc1cc2c(Nn3cccc3)nccn2n1. The number of nitrogens with zero attached hydrogens (tertiary/aromatic N) is 4. The van der Waals surface area contributed by atoms with E-state index in [0.717, 1.165) is 17.0 Å². The lowest BCUT2D eigenvalue weighted by molar-refractivity contribution is 0.904. The van der Waals surface area contributed by atoms with E-state index in [1.807, 2.05) is 52.9 Å². The molecule has 0 spiro atoms. The molecule has 0 saturated carbocycles. The third-order valence-corrected chi connectivity index (χ3v) is 2.35. The fourth-order valence-corrected chi connectivity index (χ4v) is 1.66. The van der Waals surface area contributed by atoms with Crippen LogP contribution in [0.3, 0.4) is 0 Å². The van der Waals surface area contributed by atoms with Crippen molar-refractivity contribution >= 4 is 11.3 Å². The van der Waals surface area contributed by atoms with E-state index in [-0.39, 0.29) is 0 Å². The molecule has 0 saturated heterocycles. The van der Waals surface area contributed by atoms with Crippen LogP contribution in [0.1, 0.15) is 5.69 Å². The van der Waals surface area contributed by atoms with E-state index in [0.29, 0.717) is 0 Å². The zero-order chi connectivity index (χ0) is 11.0. The van der Waals surface area contributed by atoms with Crippen molar-refractivity contribution in [1.82, 2.24) is 19.3 Å². The van der Waals surface area contributed by atoms with Gasteiger partial charge in [0.15, 0.2) is 5.82 Å². The molecule has 3 aromatic heterocycles. The Balaban J connectivity index is 2.09. The Hall–Kier alpha value is -2.30. The minimum absolute atomic E-state index is 0.791. The molecule has 0 aliphatic heterocycles. The minimum atomic E-state index is 0.791. The largest absolute Gasteiger partial charge is 0.276 e. The Kier molecular flexibility index (Phi) is 1.89. The van der Waals surface area contributed by atoms with Crippen molar-refractivity contribution in [3.05, 3.63) is 48.7 Å². The highest BCUT2D eigenvalue weighted by Gasteiger charge is 2.04. The van der Waals surface area contributed by atoms with Crippen LogP contribution >= 0.6 is 0 Å². The molecule has 3 aromatic rings. The second-order valence-corrected chi connectivity index (χ2v) is 3.59. The molecule has 0 unspecified atom stereocenters. The molecule has 0 bridgehead atoms. The lowest BCUT2D eigenvalue weighted by atomic mass is 10.4. The molecule has 0 amide bonds. The van der Waals surface area contributed by atoms with Gasteiger partial charge in [-0.25, -0.2) is 9.50 Å². The topological polar surface area (TPSA) is 47.2 Å². The zero-order valence-electron chi connectivity index (χ0n) is 8.83. The number of aromatic nitrogens is 4. The Morgan fingerprint density at radius 1 is 1.19 bits per heavy atom. The maximum Gasteiger partial charge on any atom is 0.171 e. The van der Waals surface area contributed by atoms with Crippen LogP contribution < -0.4 is 5.43 Å². The molecule has 16 heavy (non-hydrogen) atoms. The van der Waals surface area contributed by atoms with Gasteiger partial charge in [-0.05, 0) is 25.1 Å². The standard InChI is InChI=1S/C11H11N5/c1-9-8-10-11(12-4-7-16(10)13-9)14-15-5-2-3-6-15/h2-8H,1H3,(H,12,14). The summed E-state index contributed by atoms with van der Waals surface area (Å²) in [6, 6.07) is 5.91. The summed E-state index contributed by atoms with van der Waals surface area (Å²) in [4.78, 5) is 4.30. The van der Waals surface area contributed by atoms with Crippen molar-refractivity contribution in [1.29, 1.82) is 0 Å². The van der Waals surface area contributed by atoms with Gasteiger partial charge < -0.3 is 0 Å². The number of hydrogen-bond acceptors (Lipinski definition) is 3. The Morgan fingerprint density at radius 3 is 2.81 bits per heavy atom. The van der Waals surface area contributed by atoms with Crippen molar-refractivity contribution in [3.63, 3.8) is 0 Å². The predicted molar refractivity (Wildman–Crippen MR) is 61.2 cm³/mol. The highest BCUT2D eigenvalue weighted by Crippen LogP contribution is 2.14. The summed E-state index contributed by atoms with van der Waals surface area (Å²) in [5.74, 6) is 0.791. The summed E-state index contributed by atoms with van der Waals surface area (Å²) in [5.41, 5.74) is 5.13. The van der Waals surface area contributed by atoms with E-state index < -0.39 is 0 Å². The number of rotatable bonds is 2. The summed E-state index contributed by atoms with van der Waals surface area (Å²) in [5, 5.41) is 4.33. The number of nitrogens with one attached hydrogen (secondary N) is 1. The normalized spacial score (nSPS) is 10.8. The van der Waals surface area contributed by atoms with Gasteiger partial charge >= 0.3 is 0 Å². The molecule has 5 nitrogen and oxygen atoms in total.